The summed E-state index contributed by atoms with van der Waals surface area (Å²) in [6.07, 6.45) is 0.313. The number of benzene rings is 2. The van der Waals surface area contributed by atoms with Crippen molar-refractivity contribution >= 4 is 27.7 Å². The number of piperidine rings is 1. The van der Waals surface area contributed by atoms with Crippen LogP contribution in [-0.2, 0) is 9.59 Å². The predicted molar refractivity (Wildman–Crippen MR) is 83.8 cm³/mol. The molecule has 1 N–H and O–H groups in total. The lowest BCUT2D eigenvalue weighted by molar-refractivity contribution is -0.135. The molecular formula is C17H14BrNO2. The first kappa shape index (κ1) is 14.0. The lowest BCUT2D eigenvalue weighted by atomic mass is 9.76. The highest BCUT2D eigenvalue weighted by molar-refractivity contribution is 9.10. The smallest absolute Gasteiger partial charge is 0.234 e. The van der Waals surface area contributed by atoms with Crippen molar-refractivity contribution in [3.05, 3.63) is 70.2 Å². The van der Waals surface area contributed by atoms with Crippen molar-refractivity contribution in [1.82, 2.24) is 5.32 Å². The third kappa shape index (κ3) is 2.76. The fraction of sp³-hybridized carbons (Fsp3) is 0.176. The Morgan fingerprint density at radius 2 is 1.62 bits per heavy atom. The van der Waals surface area contributed by atoms with Crippen LogP contribution in [0.1, 0.15) is 29.4 Å². The van der Waals surface area contributed by atoms with Gasteiger partial charge in [-0.3, -0.25) is 14.9 Å². The first-order valence-corrected chi connectivity index (χ1v) is 7.59. The molecule has 0 bridgehead atoms. The molecule has 3 rings (SSSR count). The summed E-state index contributed by atoms with van der Waals surface area (Å²) in [6, 6.07) is 17.4. The van der Waals surface area contributed by atoms with Gasteiger partial charge in [-0.05, 0) is 17.2 Å². The fourth-order valence-electron chi connectivity index (χ4n) is 2.88. The van der Waals surface area contributed by atoms with E-state index in [9.17, 15) is 9.59 Å². The van der Waals surface area contributed by atoms with Crippen LogP contribution in [0, 0.1) is 0 Å². The first-order valence-electron chi connectivity index (χ1n) is 6.80. The predicted octanol–water partition coefficient (Wildman–Crippen LogP) is 3.36. The van der Waals surface area contributed by atoms with E-state index in [2.05, 4.69) is 21.2 Å². The highest BCUT2D eigenvalue weighted by Gasteiger charge is 2.38. The molecule has 106 valence electrons. The Bertz CT molecular complexity index is 684. The van der Waals surface area contributed by atoms with Crippen LogP contribution in [0.4, 0.5) is 0 Å². The molecule has 2 aromatic carbocycles. The number of carbonyl (C=O) groups excluding carboxylic acids is 2. The molecule has 0 aliphatic carbocycles. The van der Waals surface area contributed by atoms with Gasteiger partial charge in [0.1, 0.15) is 0 Å². The van der Waals surface area contributed by atoms with Crippen LogP contribution >= 0.6 is 15.9 Å². The number of carbonyl (C=O) groups is 2. The molecule has 2 unspecified atom stereocenters. The maximum absolute atomic E-state index is 12.4. The Morgan fingerprint density at radius 1 is 0.952 bits per heavy atom. The lowest BCUT2D eigenvalue weighted by Crippen LogP contribution is -2.43. The second kappa shape index (κ2) is 5.82. The first-order chi connectivity index (χ1) is 10.2. The molecule has 4 heteroatoms. The summed E-state index contributed by atoms with van der Waals surface area (Å²) in [5, 5.41) is 2.45. The van der Waals surface area contributed by atoms with E-state index in [4.69, 9.17) is 0 Å². The summed E-state index contributed by atoms with van der Waals surface area (Å²) in [5.74, 6) is -0.932. The average Bonchev–Trinajstić information content (AvgIpc) is 2.48. The molecule has 1 aliphatic heterocycles. The van der Waals surface area contributed by atoms with Crippen LogP contribution in [0.3, 0.4) is 0 Å². The van der Waals surface area contributed by atoms with Crippen molar-refractivity contribution in [3.8, 4) is 0 Å². The second-order valence-corrected chi connectivity index (χ2v) is 5.99. The van der Waals surface area contributed by atoms with E-state index in [-0.39, 0.29) is 23.7 Å². The van der Waals surface area contributed by atoms with E-state index >= 15 is 0 Å². The molecule has 2 atom stereocenters. The van der Waals surface area contributed by atoms with Gasteiger partial charge in [0.25, 0.3) is 0 Å². The van der Waals surface area contributed by atoms with Gasteiger partial charge in [-0.1, -0.05) is 64.5 Å². The summed E-state index contributed by atoms with van der Waals surface area (Å²) in [4.78, 5) is 24.2. The third-order valence-corrected chi connectivity index (χ3v) is 4.54. The second-order valence-electron chi connectivity index (χ2n) is 5.13. The summed E-state index contributed by atoms with van der Waals surface area (Å²) in [5.41, 5.74) is 1.93. The van der Waals surface area contributed by atoms with Crippen molar-refractivity contribution < 1.29 is 9.59 Å². The van der Waals surface area contributed by atoms with Crippen LogP contribution in [0.5, 0.6) is 0 Å². The summed E-state index contributed by atoms with van der Waals surface area (Å²) < 4.78 is 0.929. The maximum Gasteiger partial charge on any atom is 0.234 e. The maximum atomic E-state index is 12.4. The molecule has 2 aromatic rings. The summed E-state index contributed by atoms with van der Waals surface area (Å²) in [7, 11) is 0. The molecule has 0 saturated carbocycles. The molecular weight excluding hydrogens is 330 g/mol. The fourth-order valence-corrected chi connectivity index (χ4v) is 3.45. The largest absolute Gasteiger partial charge is 0.296 e. The number of halogens is 1. The zero-order valence-electron chi connectivity index (χ0n) is 11.3. The van der Waals surface area contributed by atoms with Crippen molar-refractivity contribution in [2.75, 3.05) is 0 Å². The van der Waals surface area contributed by atoms with Crippen LogP contribution in [-0.4, -0.2) is 11.8 Å². The highest BCUT2D eigenvalue weighted by atomic mass is 79.9. The van der Waals surface area contributed by atoms with E-state index in [1.165, 1.54) is 0 Å². The zero-order valence-corrected chi connectivity index (χ0v) is 12.8. The number of imide groups is 1. The minimum absolute atomic E-state index is 0.149. The molecule has 1 aliphatic rings. The van der Waals surface area contributed by atoms with Crippen LogP contribution in [0.2, 0.25) is 0 Å². The van der Waals surface area contributed by atoms with Gasteiger partial charge in [0, 0.05) is 16.8 Å². The molecule has 1 heterocycles. The number of nitrogens with one attached hydrogen (secondary N) is 1. The van der Waals surface area contributed by atoms with E-state index in [0.29, 0.717) is 6.42 Å². The van der Waals surface area contributed by atoms with Gasteiger partial charge >= 0.3 is 0 Å². The zero-order chi connectivity index (χ0) is 14.8. The van der Waals surface area contributed by atoms with Gasteiger partial charge < -0.3 is 0 Å². The molecule has 3 nitrogen and oxygen atoms in total. The Labute approximate surface area is 131 Å². The molecule has 0 radical (unpaired) electrons. The number of hydrogen-bond donors (Lipinski definition) is 1. The molecule has 21 heavy (non-hydrogen) atoms. The average molecular weight is 344 g/mol. The lowest BCUT2D eigenvalue weighted by Gasteiger charge is -2.31. The Balaban J connectivity index is 2.08. The Kier molecular flexibility index (Phi) is 3.88. The van der Waals surface area contributed by atoms with E-state index in [1.807, 2.05) is 54.6 Å². The van der Waals surface area contributed by atoms with E-state index < -0.39 is 0 Å². The SMILES string of the molecule is O=C1CC(c2ccccc2Br)C(c2ccccc2)C(=O)N1. The van der Waals surface area contributed by atoms with Crippen LogP contribution < -0.4 is 5.32 Å². The summed E-state index contributed by atoms with van der Waals surface area (Å²) >= 11 is 3.53. The number of amides is 2. The standard InChI is InChI=1S/C17H14BrNO2/c18-14-9-5-4-8-12(14)13-10-15(20)19-17(21)16(13)11-6-2-1-3-7-11/h1-9,13,16H,10H2,(H,19,20,21). The van der Waals surface area contributed by atoms with Crippen LogP contribution in [0.25, 0.3) is 0 Å². The van der Waals surface area contributed by atoms with E-state index in [0.717, 1.165) is 15.6 Å². The number of hydrogen-bond acceptors (Lipinski definition) is 2. The third-order valence-electron chi connectivity index (χ3n) is 3.82. The van der Waals surface area contributed by atoms with Gasteiger partial charge in [-0.15, -0.1) is 0 Å². The highest BCUT2D eigenvalue weighted by Crippen LogP contribution is 2.40. The van der Waals surface area contributed by atoms with Crippen molar-refractivity contribution in [3.63, 3.8) is 0 Å². The van der Waals surface area contributed by atoms with Gasteiger partial charge in [-0.2, -0.15) is 0 Å². The molecule has 0 aromatic heterocycles. The molecule has 1 fully saturated rings. The summed E-state index contributed by atoms with van der Waals surface area (Å²) in [6.45, 7) is 0. The Morgan fingerprint density at radius 3 is 2.33 bits per heavy atom. The topological polar surface area (TPSA) is 46.2 Å². The van der Waals surface area contributed by atoms with Gasteiger partial charge in [-0.25, -0.2) is 0 Å². The van der Waals surface area contributed by atoms with Crippen molar-refractivity contribution in [2.45, 2.75) is 18.3 Å². The van der Waals surface area contributed by atoms with Gasteiger partial charge in [0.05, 0.1) is 5.92 Å². The molecule has 1 saturated heterocycles. The van der Waals surface area contributed by atoms with E-state index in [1.54, 1.807) is 0 Å². The quantitative estimate of drug-likeness (QED) is 0.849. The van der Waals surface area contributed by atoms with Crippen LogP contribution in [0.15, 0.2) is 59.1 Å². The minimum Gasteiger partial charge on any atom is -0.296 e. The molecule has 2 amide bonds. The van der Waals surface area contributed by atoms with Gasteiger partial charge in [0.15, 0.2) is 0 Å². The normalized spacial score (nSPS) is 22.0. The monoisotopic (exact) mass is 343 g/mol. The van der Waals surface area contributed by atoms with Gasteiger partial charge in [0.2, 0.25) is 11.8 Å². The Hall–Kier alpha value is -1.94. The van der Waals surface area contributed by atoms with Crippen molar-refractivity contribution in [1.29, 1.82) is 0 Å². The minimum atomic E-state index is -0.345. The van der Waals surface area contributed by atoms with Crippen molar-refractivity contribution in [2.24, 2.45) is 0 Å². The molecule has 0 spiro atoms. The number of rotatable bonds is 2.